The van der Waals surface area contributed by atoms with Gasteiger partial charge in [-0.3, -0.25) is 0 Å². The molecule has 0 heterocycles. The van der Waals surface area contributed by atoms with E-state index in [1.54, 1.807) is 6.07 Å². The van der Waals surface area contributed by atoms with Gasteiger partial charge in [-0.1, -0.05) is 29.3 Å². The van der Waals surface area contributed by atoms with Gasteiger partial charge in [0.25, 0.3) is 0 Å². The van der Waals surface area contributed by atoms with E-state index in [4.69, 9.17) is 22.1 Å². The zero-order valence-corrected chi connectivity index (χ0v) is 12.2. The van der Waals surface area contributed by atoms with Crippen LogP contribution in [0.2, 0.25) is 5.02 Å². The van der Waals surface area contributed by atoms with Crippen molar-refractivity contribution in [2.24, 2.45) is 5.73 Å². The molecule has 0 aliphatic carbocycles. The minimum Gasteiger partial charge on any atom is -0.488 e. The lowest BCUT2D eigenvalue weighted by Crippen LogP contribution is -2.09. The van der Waals surface area contributed by atoms with Crippen molar-refractivity contribution in [2.75, 3.05) is 0 Å². The molecular formula is C16H17ClFNO. The molecule has 2 N–H and O–H groups in total. The smallest absolute Gasteiger partial charge is 0.129 e. The second-order valence-corrected chi connectivity index (χ2v) is 5.29. The molecule has 106 valence electrons. The summed E-state index contributed by atoms with van der Waals surface area (Å²) in [7, 11) is 0. The van der Waals surface area contributed by atoms with Crippen LogP contribution < -0.4 is 10.5 Å². The molecule has 0 bridgehead atoms. The highest BCUT2D eigenvalue weighted by Crippen LogP contribution is 2.26. The van der Waals surface area contributed by atoms with Crippen molar-refractivity contribution in [3.05, 3.63) is 63.9 Å². The molecule has 4 heteroatoms. The average Bonchev–Trinajstić information content (AvgIpc) is 2.40. The number of halogens is 2. The molecule has 20 heavy (non-hydrogen) atoms. The summed E-state index contributed by atoms with van der Waals surface area (Å²) in [5.74, 6) is 0.342. The number of ether oxygens (including phenoxy) is 1. The number of nitrogens with two attached hydrogens (primary N) is 1. The summed E-state index contributed by atoms with van der Waals surface area (Å²) < 4.78 is 19.3. The molecule has 0 aromatic heterocycles. The van der Waals surface area contributed by atoms with Crippen LogP contribution in [0.3, 0.4) is 0 Å². The summed E-state index contributed by atoms with van der Waals surface area (Å²) in [6, 6.07) is 10.0. The molecule has 2 aromatic rings. The molecule has 0 aliphatic heterocycles. The summed E-state index contributed by atoms with van der Waals surface area (Å²) in [4.78, 5) is 0. The Bertz CT molecular complexity index is 613. The predicted octanol–water partition coefficient (Wildman–Crippen LogP) is 4.39. The third-order valence-electron chi connectivity index (χ3n) is 3.05. The van der Waals surface area contributed by atoms with Gasteiger partial charge in [0.1, 0.15) is 18.2 Å². The molecule has 0 fully saturated rings. The van der Waals surface area contributed by atoms with E-state index >= 15 is 0 Å². The second-order valence-electron chi connectivity index (χ2n) is 4.85. The molecule has 0 aliphatic rings. The van der Waals surface area contributed by atoms with Crippen LogP contribution in [0.1, 0.15) is 29.7 Å². The standard InChI is InChI=1S/C16H17ClFNO/c1-10-3-6-16(14(7-10)11(2)19)20-9-12-8-13(17)4-5-15(12)18/h3-8,11H,9,19H2,1-2H3/t11-/m0/s1. The number of aryl methyl sites for hydroxylation is 1. The first-order valence-corrected chi connectivity index (χ1v) is 6.78. The Morgan fingerprint density at radius 2 is 2.00 bits per heavy atom. The zero-order chi connectivity index (χ0) is 14.7. The van der Waals surface area contributed by atoms with Gasteiger partial charge >= 0.3 is 0 Å². The molecular weight excluding hydrogens is 277 g/mol. The number of hydrogen-bond acceptors (Lipinski definition) is 2. The van der Waals surface area contributed by atoms with Crippen LogP contribution in [0.5, 0.6) is 5.75 Å². The average molecular weight is 294 g/mol. The third-order valence-corrected chi connectivity index (χ3v) is 3.28. The van der Waals surface area contributed by atoms with Gasteiger partial charge in [-0.05, 0) is 38.1 Å². The second kappa shape index (κ2) is 6.25. The Hall–Kier alpha value is -1.58. The molecule has 2 aromatic carbocycles. The molecule has 0 spiro atoms. The molecule has 2 rings (SSSR count). The maximum Gasteiger partial charge on any atom is 0.129 e. The summed E-state index contributed by atoms with van der Waals surface area (Å²) >= 11 is 5.86. The minimum absolute atomic E-state index is 0.120. The lowest BCUT2D eigenvalue weighted by molar-refractivity contribution is 0.295. The van der Waals surface area contributed by atoms with E-state index in [1.807, 2.05) is 32.0 Å². The largest absolute Gasteiger partial charge is 0.488 e. The maximum absolute atomic E-state index is 13.6. The Morgan fingerprint density at radius 3 is 2.70 bits per heavy atom. The summed E-state index contributed by atoms with van der Waals surface area (Å²) in [5, 5.41) is 0.487. The lowest BCUT2D eigenvalue weighted by Gasteiger charge is -2.15. The summed E-state index contributed by atoms with van der Waals surface area (Å²) in [5.41, 5.74) is 8.38. The van der Waals surface area contributed by atoms with Crippen molar-refractivity contribution in [1.29, 1.82) is 0 Å². The van der Waals surface area contributed by atoms with Crippen molar-refractivity contribution in [3.63, 3.8) is 0 Å². The van der Waals surface area contributed by atoms with Gasteiger partial charge in [-0.2, -0.15) is 0 Å². The van der Waals surface area contributed by atoms with Crippen molar-refractivity contribution < 1.29 is 9.13 Å². The zero-order valence-electron chi connectivity index (χ0n) is 11.5. The van der Waals surface area contributed by atoms with Crippen molar-refractivity contribution >= 4 is 11.6 Å². The summed E-state index contributed by atoms with van der Waals surface area (Å²) in [6.45, 7) is 4.00. The predicted molar refractivity (Wildman–Crippen MR) is 79.5 cm³/mol. The van der Waals surface area contributed by atoms with Gasteiger partial charge in [-0.15, -0.1) is 0 Å². The SMILES string of the molecule is Cc1ccc(OCc2cc(Cl)ccc2F)c([C@H](C)N)c1. The molecule has 0 saturated carbocycles. The van der Waals surface area contributed by atoms with Crippen molar-refractivity contribution in [1.82, 2.24) is 0 Å². The van der Waals surface area contributed by atoms with Crippen LogP contribution in [0, 0.1) is 12.7 Å². The van der Waals surface area contributed by atoms with Gasteiger partial charge in [0.15, 0.2) is 0 Å². The molecule has 0 radical (unpaired) electrons. The topological polar surface area (TPSA) is 35.2 Å². The molecule has 2 nitrogen and oxygen atoms in total. The Balaban J connectivity index is 2.20. The molecule has 0 saturated heterocycles. The van der Waals surface area contributed by atoms with Crippen LogP contribution in [0.25, 0.3) is 0 Å². The first-order chi connectivity index (χ1) is 9.47. The summed E-state index contributed by atoms with van der Waals surface area (Å²) in [6.07, 6.45) is 0. The van der Waals surface area contributed by atoms with E-state index in [2.05, 4.69) is 0 Å². The first kappa shape index (κ1) is 14.8. The Morgan fingerprint density at radius 1 is 1.25 bits per heavy atom. The highest BCUT2D eigenvalue weighted by molar-refractivity contribution is 6.30. The van der Waals surface area contributed by atoms with Crippen LogP contribution in [0.15, 0.2) is 36.4 Å². The fourth-order valence-electron chi connectivity index (χ4n) is 1.96. The normalized spacial score (nSPS) is 12.2. The number of hydrogen-bond donors (Lipinski definition) is 1. The van der Waals surface area contributed by atoms with Gasteiger partial charge in [-0.25, -0.2) is 4.39 Å². The van der Waals surface area contributed by atoms with E-state index < -0.39 is 0 Å². The van der Waals surface area contributed by atoms with Gasteiger partial charge in [0.05, 0.1) is 0 Å². The highest BCUT2D eigenvalue weighted by atomic mass is 35.5. The maximum atomic E-state index is 13.6. The fourth-order valence-corrected chi connectivity index (χ4v) is 2.16. The van der Waals surface area contributed by atoms with Gasteiger partial charge < -0.3 is 10.5 Å². The van der Waals surface area contributed by atoms with Crippen molar-refractivity contribution in [3.8, 4) is 5.75 Å². The Labute approximate surface area is 123 Å². The molecule has 0 amide bonds. The van der Waals surface area contributed by atoms with E-state index in [1.165, 1.54) is 12.1 Å². The van der Waals surface area contributed by atoms with Crippen molar-refractivity contribution in [2.45, 2.75) is 26.5 Å². The fraction of sp³-hybridized carbons (Fsp3) is 0.250. The van der Waals surface area contributed by atoms with E-state index in [0.717, 1.165) is 11.1 Å². The first-order valence-electron chi connectivity index (χ1n) is 6.40. The molecule has 1 atom stereocenters. The van der Waals surface area contributed by atoms with E-state index in [9.17, 15) is 4.39 Å². The quantitative estimate of drug-likeness (QED) is 0.907. The van der Waals surface area contributed by atoms with Gasteiger partial charge in [0, 0.05) is 22.2 Å². The van der Waals surface area contributed by atoms with Gasteiger partial charge in [0.2, 0.25) is 0 Å². The van der Waals surface area contributed by atoms with Crippen LogP contribution in [0.4, 0.5) is 4.39 Å². The monoisotopic (exact) mass is 293 g/mol. The highest BCUT2D eigenvalue weighted by Gasteiger charge is 2.10. The Kier molecular flexibility index (Phi) is 4.63. The molecule has 0 unspecified atom stereocenters. The van der Waals surface area contributed by atoms with Crippen LogP contribution >= 0.6 is 11.6 Å². The van der Waals surface area contributed by atoms with E-state index in [0.29, 0.717) is 16.3 Å². The third kappa shape index (κ3) is 3.50. The minimum atomic E-state index is -0.330. The van der Waals surface area contributed by atoms with Crippen LogP contribution in [-0.4, -0.2) is 0 Å². The lowest BCUT2D eigenvalue weighted by atomic mass is 10.1. The van der Waals surface area contributed by atoms with Crippen LogP contribution in [-0.2, 0) is 6.61 Å². The number of rotatable bonds is 4. The van der Waals surface area contributed by atoms with E-state index in [-0.39, 0.29) is 18.5 Å². The number of benzene rings is 2.